The number of aromatic nitrogens is 1. The number of benzene rings is 2. The number of nitrogens with one attached hydrogen (secondary N) is 2. The fourth-order valence-electron chi connectivity index (χ4n) is 2.56. The maximum absolute atomic E-state index is 12.6. The van der Waals surface area contributed by atoms with E-state index in [2.05, 4.69) is 15.6 Å². The molecular formula is C21H22N4O2S. The van der Waals surface area contributed by atoms with Crippen molar-refractivity contribution < 1.29 is 9.59 Å². The largest absolute Gasteiger partial charge is 0.351 e. The van der Waals surface area contributed by atoms with E-state index in [4.69, 9.17) is 0 Å². The summed E-state index contributed by atoms with van der Waals surface area (Å²) in [6.07, 6.45) is 0. The van der Waals surface area contributed by atoms with E-state index in [0.717, 1.165) is 17.1 Å². The molecular weight excluding hydrogens is 372 g/mol. The van der Waals surface area contributed by atoms with Gasteiger partial charge >= 0.3 is 0 Å². The molecule has 0 radical (unpaired) electrons. The molecule has 1 heterocycles. The van der Waals surface area contributed by atoms with Crippen molar-refractivity contribution in [3.05, 3.63) is 71.2 Å². The number of amides is 2. The van der Waals surface area contributed by atoms with Gasteiger partial charge in [-0.2, -0.15) is 0 Å². The molecule has 144 valence electrons. The van der Waals surface area contributed by atoms with Gasteiger partial charge in [0.2, 0.25) is 0 Å². The summed E-state index contributed by atoms with van der Waals surface area (Å²) in [6, 6.07) is 16.7. The van der Waals surface area contributed by atoms with E-state index in [1.807, 2.05) is 49.3 Å². The fraction of sp³-hybridized carbons (Fsp3) is 0.190. The van der Waals surface area contributed by atoms with Crippen molar-refractivity contribution in [1.82, 2.24) is 15.2 Å². The zero-order chi connectivity index (χ0) is 19.9. The summed E-state index contributed by atoms with van der Waals surface area (Å²) < 4.78 is 0. The number of likely N-dealkylation sites (N-methyl/N-ethyl adjacent to an activating group) is 1. The summed E-state index contributed by atoms with van der Waals surface area (Å²) in [5.41, 5.74) is 2.18. The van der Waals surface area contributed by atoms with Gasteiger partial charge in [-0.1, -0.05) is 42.5 Å². The van der Waals surface area contributed by atoms with Gasteiger partial charge in [0.1, 0.15) is 10.7 Å². The Bertz CT molecular complexity index is 954. The van der Waals surface area contributed by atoms with E-state index < -0.39 is 0 Å². The third-order valence-corrected chi connectivity index (χ3v) is 4.91. The molecule has 3 rings (SSSR count). The number of thiazole rings is 1. The smallest absolute Gasteiger partial charge is 0.275 e. The lowest BCUT2D eigenvalue weighted by Gasteiger charge is -2.13. The number of carbonyl (C=O) groups excluding carboxylic acids is 2. The van der Waals surface area contributed by atoms with Crippen molar-refractivity contribution in [2.75, 3.05) is 32.5 Å². The fourth-order valence-corrected chi connectivity index (χ4v) is 3.36. The number of para-hydroxylation sites is 1. The number of carbonyl (C=O) groups is 2. The van der Waals surface area contributed by atoms with Crippen LogP contribution >= 0.6 is 11.3 Å². The first-order valence-corrected chi connectivity index (χ1v) is 9.77. The average Bonchev–Trinajstić information content (AvgIpc) is 3.19. The molecule has 6 nitrogen and oxygen atoms in total. The number of nitrogens with zero attached hydrogens (tertiary/aromatic N) is 2. The molecule has 3 aromatic rings. The second kappa shape index (κ2) is 9.25. The van der Waals surface area contributed by atoms with Crippen LogP contribution in [0, 0.1) is 0 Å². The summed E-state index contributed by atoms with van der Waals surface area (Å²) in [6.45, 7) is 1.27. The molecule has 0 unspecified atom stereocenters. The van der Waals surface area contributed by atoms with Crippen molar-refractivity contribution in [3.8, 4) is 10.6 Å². The summed E-state index contributed by atoms with van der Waals surface area (Å²) >= 11 is 1.41. The molecule has 0 saturated heterocycles. The van der Waals surface area contributed by atoms with E-state index in [-0.39, 0.29) is 11.8 Å². The lowest BCUT2D eigenvalue weighted by atomic mass is 10.1. The Morgan fingerprint density at radius 2 is 1.71 bits per heavy atom. The molecule has 0 aliphatic carbocycles. The lowest BCUT2D eigenvalue weighted by Crippen LogP contribution is -2.32. The monoisotopic (exact) mass is 394 g/mol. The van der Waals surface area contributed by atoms with Crippen LogP contribution < -0.4 is 10.6 Å². The highest BCUT2D eigenvalue weighted by Crippen LogP contribution is 2.24. The topological polar surface area (TPSA) is 74.3 Å². The van der Waals surface area contributed by atoms with Gasteiger partial charge in [0.05, 0.1) is 11.3 Å². The van der Waals surface area contributed by atoms with Gasteiger partial charge in [0, 0.05) is 24.0 Å². The minimum absolute atomic E-state index is 0.221. The highest BCUT2D eigenvalue weighted by molar-refractivity contribution is 7.13. The van der Waals surface area contributed by atoms with E-state index in [0.29, 0.717) is 23.5 Å². The second-order valence-corrected chi connectivity index (χ2v) is 7.32. The Morgan fingerprint density at radius 3 is 2.46 bits per heavy atom. The molecule has 0 atom stereocenters. The minimum atomic E-state index is -0.341. The summed E-state index contributed by atoms with van der Waals surface area (Å²) in [4.78, 5) is 31.5. The lowest BCUT2D eigenvalue weighted by molar-refractivity contribution is 0.0952. The van der Waals surface area contributed by atoms with Gasteiger partial charge < -0.3 is 15.5 Å². The van der Waals surface area contributed by atoms with Crippen LogP contribution in [-0.2, 0) is 0 Å². The summed E-state index contributed by atoms with van der Waals surface area (Å²) in [7, 11) is 3.88. The highest BCUT2D eigenvalue weighted by atomic mass is 32.1. The van der Waals surface area contributed by atoms with Crippen LogP contribution in [0.3, 0.4) is 0 Å². The molecule has 0 saturated carbocycles. The molecule has 2 aromatic carbocycles. The normalized spacial score (nSPS) is 10.7. The Balaban J connectivity index is 1.71. The van der Waals surface area contributed by atoms with Crippen molar-refractivity contribution in [2.24, 2.45) is 0 Å². The van der Waals surface area contributed by atoms with Crippen molar-refractivity contribution >= 4 is 28.8 Å². The highest BCUT2D eigenvalue weighted by Gasteiger charge is 2.16. The molecule has 2 amide bonds. The van der Waals surface area contributed by atoms with Crippen molar-refractivity contribution in [3.63, 3.8) is 0 Å². The van der Waals surface area contributed by atoms with E-state index in [1.165, 1.54) is 11.3 Å². The van der Waals surface area contributed by atoms with Gasteiger partial charge in [-0.3, -0.25) is 9.59 Å². The SMILES string of the molecule is CN(C)CCNC(=O)c1ccccc1NC(=O)c1csc(-c2ccccc2)n1. The molecule has 0 fully saturated rings. The Labute approximate surface area is 168 Å². The summed E-state index contributed by atoms with van der Waals surface area (Å²) in [5, 5.41) is 8.17. The Kier molecular flexibility index (Phi) is 6.52. The maximum atomic E-state index is 12.6. The minimum Gasteiger partial charge on any atom is -0.351 e. The first kappa shape index (κ1) is 19.7. The van der Waals surface area contributed by atoms with Gasteiger partial charge in [-0.25, -0.2) is 4.98 Å². The zero-order valence-corrected chi connectivity index (χ0v) is 16.6. The van der Waals surface area contributed by atoms with Crippen LogP contribution in [0.25, 0.3) is 10.6 Å². The third-order valence-electron chi connectivity index (χ3n) is 4.02. The Morgan fingerprint density at radius 1 is 1.00 bits per heavy atom. The second-order valence-electron chi connectivity index (χ2n) is 6.46. The van der Waals surface area contributed by atoms with Crippen LogP contribution in [0.4, 0.5) is 5.69 Å². The van der Waals surface area contributed by atoms with Crippen LogP contribution in [0.1, 0.15) is 20.8 Å². The van der Waals surface area contributed by atoms with Gasteiger partial charge in [0.25, 0.3) is 11.8 Å². The number of anilines is 1. The molecule has 0 spiro atoms. The molecule has 1 aromatic heterocycles. The maximum Gasteiger partial charge on any atom is 0.275 e. The van der Waals surface area contributed by atoms with Crippen LogP contribution in [0.15, 0.2) is 60.0 Å². The standard InChI is InChI=1S/C21H22N4O2S/c1-25(2)13-12-22-19(26)16-10-6-7-11-17(16)23-20(27)18-14-28-21(24-18)15-8-4-3-5-9-15/h3-11,14H,12-13H2,1-2H3,(H,22,26)(H,23,27). The first-order valence-electron chi connectivity index (χ1n) is 8.89. The average molecular weight is 395 g/mol. The van der Waals surface area contributed by atoms with Gasteiger partial charge in [0.15, 0.2) is 0 Å². The van der Waals surface area contributed by atoms with E-state index in [9.17, 15) is 9.59 Å². The first-order chi connectivity index (χ1) is 13.5. The van der Waals surface area contributed by atoms with Crippen molar-refractivity contribution in [2.45, 2.75) is 0 Å². The quantitative estimate of drug-likeness (QED) is 0.644. The van der Waals surface area contributed by atoms with Gasteiger partial charge in [-0.15, -0.1) is 11.3 Å². The third kappa shape index (κ3) is 5.03. The van der Waals surface area contributed by atoms with E-state index >= 15 is 0 Å². The Hall–Kier alpha value is -3.03. The van der Waals surface area contributed by atoms with Crippen LogP contribution in [0.2, 0.25) is 0 Å². The molecule has 2 N–H and O–H groups in total. The van der Waals surface area contributed by atoms with Crippen molar-refractivity contribution in [1.29, 1.82) is 0 Å². The number of hydrogen-bond acceptors (Lipinski definition) is 5. The van der Waals surface area contributed by atoms with E-state index in [1.54, 1.807) is 29.6 Å². The predicted molar refractivity (Wildman–Crippen MR) is 113 cm³/mol. The zero-order valence-electron chi connectivity index (χ0n) is 15.8. The van der Waals surface area contributed by atoms with Crippen LogP contribution in [-0.4, -0.2) is 48.9 Å². The van der Waals surface area contributed by atoms with Gasteiger partial charge in [-0.05, 0) is 26.2 Å². The number of hydrogen-bond donors (Lipinski definition) is 2. The molecule has 0 aliphatic rings. The molecule has 7 heteroatoms. The predicted octanol–water partition coefficient (Wildman–Crippen LogP) is 3.35. The molecule has 0 aliphatic heterocycles. The number of rotatable bonds is 7. The molecule has 28 heavy (non-hydrogen) atoms. The summed E-state index contributed by atoms with van der Waals surface area (Å²) in [5.74, 6) is -0.562. The molecule has 0 bridgehead atoms. The van der Waals surface area contributed by atoms with Crippen LogP contribution in [0.5, 0.6) is 0 Å².